The third-order valence-corrected chi connectivity index (χ3v) is 4.26. The first-order valence-corrected chi connectivity index (χ1v) is 8.62. The van der Waals surface area contributed by atoms with Gasteiger partial charge in [-0.1, -0.05) is 59.8 Å². The van der Waals surface area contributed by atoms with Crippen LogP contribution in [0.4, 0.5) is 5.69 Å². The number of hydrogen-bond donors (Lipinski definition) is 2. The Morgan fingerprint density at radius 2 is 1.80 bits per heavy atom. The number of carbonyl (C=O) groups excluding carboxylic acids is 1. The van der Waals surface area contributed by atoms with E-state index in [0.29, 0.717) is 10.7 Å². The number of aryl methyl sites for hydroxylation is 1. The second-order valence-electron chi connectivity index (χ2n) is 5.38. The molecule has 0 radical (unpaired) electrons. The largest absolute Gasteiger partial charge is 0.325 e. The summed E-state index contributed by atoms with van der Waals surface area (Å²) in [6.45, 7) is 1.98. The van der Waals surface area contributed by atoms with E-state index in [2.05, 4.69) is 20.5 Å². The lowest BCUT2D eigenvalue weighted by Crippen LogP contribution is -2.17. The van der Waals surface area contributed by atoms with Crippen LogP contribution < -0.4 is 10.9 Å². The maximum absolute atomic E-state index is 12.1. The third-order valence-electron chi connectivity index (χ3n) is 3.40. The van der Waals surface area contributed by atoms with E-state index in [1.807, 2.05) is 49.4 Å². The van der Waals surface area contributed by atoms with Gasteiger partial charge in [-0.3, -0.25) is 14.6 Å². The molecular weight excluding hydrogens is 336 g/mol. The second kappa shape index (κ2) is 7.76. The van der Waals surface area contributed by atoms with Crippen molar-refractivity contribution in [3.05, 3.63) is 70.5 Å². The summed E-state index contributed by atoms with van der Waals surface area (Å²) in [5, 5.41) is 11.1. The number of benzene rings is 2. The molecule has 2 N–H and O–H groups in total. The van der Waals surface area contributed by atoms with E-state index >= 15 is 0 Å². The molecule has 0 bridgehead atoms. The summed E-state index contributed by atoms with van der Waals surface area (Å²) in [5.74, 6) is -0.0490. The lowest BCUT2D eigenvalue weighted by atomic mass is 10.2. The predicted octanol–water partition coefficient (Wildman–Crippen LogP) is 2.87. The van der Waals surface area contributed by atoms with Gasteiger partial charge in [0.1, 0.15) is 0 Å². The molecule has 0 aliphatic carbocycles. The van der Waals surface area contributed by atoms with Gasteiger partial charge in [0, 0.05) is 11.3 Å². The van der Waals surface area contributed by atoms with Crippen molar-refractivity contribution in [2.75, 3.05) is 11.1 Å². The Labute approximate surface area is 148 Å². The number of thioether (sulfide) groups is 1. The van der Waals surface area contributed by atoms with E-state index in [-0.39, 0.29) is 22.9 Å². The van der Waals surface area contributed by atoms with Crippen molar-refractivity contribution >= 4 is 23.4 Å². The summed E-state index contributed by atoms with van der Waals surface area (Å²) in [5.41, 5.74) is 2.48. The highest BCUT2D eigenvalue weighted by molar-refractivity contribution is 7.99. The zero-order chi connectivity index (χ0) is 17.6. The monoisotopic (exact) mass is 352 g/mol. The minimum absolute atomic E-state index is 0.128. The topological polar surface area (TPSA) is 87.7 Å². The molecule has 0 aliphatic heterocycles. The smallest absolute Gasteiger partial charge is 0.278 e. The lowest BCUT2D eigenvalue weighted by Gasteiger charge is -2.05. The molecule has 0 unspecified atom stereocenters. The van der Waals surface area contributed by atoms with Crippen molar-refractivity contribution < 1.29 is 4.79 Å². The van der Waals surface area contributed by atoms with Crippen LogP contribution in [0.1, 0.15) is 5.56 Å². The Morgan fingerprint density at radius 1 is 1.08 bits per heavy atom. The van der Waals surface area contributed by atoms with Crippen LogP contribution in [0.3, 0.4) is 0 Å². The molecule has 1 aromatic heterocycles. The van der Waals surface area contributed by atoms with Gasteiger partial charge >= 0.3 is 0 Å². The van der Waals surface area contributed by atoms with E-state index in [1.165, 1.54) is 0 Å². The fourth-order valence-corrected chi connectivity index (χ4v) is 2.74. The first-order valence-electron chi connectivity index (χ1n) is 7.63. The van der Waals surface area contributed by atoms with Crippen LogP contribution in [0.2, 0.25) is 0 Å². The van der Waals surface area contributed by atoms with Gasteiger partial charge in [-0.15, -0.1) is 10.2 Å². The van der Waals surface area contributed by atoms with Crippen LogP contribution in [0, 0.1) is 6.92 Å². The van der Waals surface area contributed by atoms with Gasteiger partial charge in [0.25, 0.3) is 5.56 Å². The van der Waals surface area contributed by atoms with Crippen molar-refractivity contribution in [3.63, 3.8) is 0 Å². The van der Waals surface area contributed by atoms with Crippen LogP contribution >= 0.6 is 11.8 Å². The zero-order valence-electron chi connectivity index (χ0n) is 13.5. The molecule has 0 saturated carbocycles. The standard InChI is InChI=1S/C18H16N4O2S/c1-12-7-9-14(10-8-12)19-15(23)11-25-18-20-17(24)16(21-22-18)13-5-3-2-4-6-13/h2-10H,11H2,1H3,(H,19,23)(H,20,22,24). The molecular formula is C18H16N4O2S. The summed E-state index contributed by atoms with van der Waals surface area (Å²) in [6, 6.07) is 16.6. The number of hydrogen-bond acceptors (Lipinski definition) is 5. The number of H-pyrrole nitrogens is 1. The molecule has 0 aliphatic rings. The van der Waals surface area contributed by atoms with Crippen molar-refractivity contribution in [1.82, 2.24) is 15.2 Å². The SMILES string of the molecule is Cc1ccc(NC(=O)CSc2nnc(-c3ccccc3)c(=O)[nH]2)cc1. The van der Waals surface area contributed by atoms with Crippen molar-refractivity contribution in [2.24, 2.45) is 0 Å². The van der Waals surface area contributed by atoms with Gasteiger partial charge in [0.2, 0.25) is 5.91 Å². The average Bonchev–Trinajstić information content (AvgIpc) is 2.63. The molecule has 25 heavy (non-hydrogen) atoms. The molecule has 2 aromatic carbocycles. The molecule has 0 atom stereocenters. The Hall–Kier alpha value is -2.93. The number of anilines is 1. The molecule has 3 rings (SSSR count). The van der Waals surface area contributed by atoms with Gasteiger partial charge in [-0.05, 0) is 19.1 Å². The fourth-order valence-electron chi connectivity index (χ4n) is 2.14. The molecule has 0 fully saturated rings. The maximum Gasteiger partial charge on any atom is 0.278 e. The van der Waals surface area contributed by atoms with Gasteiger partial charge in [0.05, 0.1) is 5.75 Å². The summed E-state index contributed by atoms with van der Waals surface area (Å²) in [7, 11) is 0. The molecule has 1 amide bonds. The molecule has 1 heterocycles. The van der Waals surface area contributed by atoms with Gasteiger partial charge in [-0.25, -0.2) is 0 Å². The second-order valence-corrected chi connectivity index (χ2v) is 6.34. The quantitative estimate of drug-likeness (QED) is 0.690. The van der Waals surface area contributed by atoms with E-state index < -0.39 is 0 Å². The normalized spacial score (nSPS) is 10.4. The minimum Gasteiger partial charge on any atom is -0.325 e. The molecule has 7 heteroatoms. The summed E-state index contributed by atoms with van der Waals surface area (Å²) >= 11 is 1.13. The number of nitrogens with one attached hydrogen (secondary N) is 2. The molecule has 0 saturated heterocycles. The number of carbonyl (C=O) groups is 1. The Morgan fingerprint density at radius 3 is 2.48 bits per heavy atom. The Kier molecular flexibility index (Phi) is 5.25. The first-order chi connectivity index (χ1) is 12.1. The Balaban J connectivity index is 1.62. The molecule has 6 nitrogen and oxygen atoms in total. The number of amides is 1. The van der Waals surface area contributed by atoms with E-state index in [0.717, 1.165) is 23.0 Å². The average molecular weight is 352 g/mol. The van der Waals surface area contributed by atoms with Crippen molar-refractivity contribution in [1.29, 1.82) is 0 Å². The van der Waals surface area contributed by atoms with E-state index in [4.69, 9.17) is 0 Å². The van der Waals surface area contributed by atoms with Crippen LogP contribution in [-0.2, 0) is 4.79 Å². The number of aromatic amines is 1. The fraction of sp³-hybridized carbons (Fsp3) is 0.111. The summed E-state index contributed by atoms with van der Waals surface area (Å²) in [4.78, 5) is 26.8. The molecule has 3 aromatic rings. The van der Waals surface area contributed by atoms with E-state index in [1.54, 1.807) is 12.1 Å². The van der Waals surface area contributed by atoms with Gasteiger partial charge < -0.3 is 5.32 Å². The highest BCUT2D eigenvalue weighted by Crippen LogP contribution is 2.15. The molecule has 0 spiro atoms. The minimum atomic E-state index is -0.331. The third kappa shape index (κ3) is 4.54. The van der Waals surface area contributed by atoms with Crippen LogP contribution in [0.15, 0.2) is 64.5 Å². The maximum atomic E-state index is 12.1. The first kappa shape index (κ1) is 16.9. The number of aromatic nitrogens is 3. The van der Waals surface area contributed by atoms with Gasteiger partial charge in [-0.2, -0.15) is 0 Å². The predicted molar refractivity (Wildman–Crippen MR) is 98.6 cm³/mol. The Bertz CT molecular complexity index is 924. The summed E-state index contributed by atoms with van der Waals surface area (Å²) in [6.07, 6.45) is 0. The highest BCUT2D eigenvalue weighted by atomic mass is 32.2. The number of rotatable bonds is 5. The van der Waals surface area contributed by atoms with Crippen LogP contribution in [-0.4, -0.2) is 26.8 Å². The van der Waals surface area contributed by atoms with Crippen LogP contribution in [0.5, 0.6) is 0 Å². The zero-order valence-corrected chi connectivity index (χ0v) is 14.3. The van der Waals surface area contributed by atoms with Crippen molar-refractivity contribution in [2.45, 2.75) is 12.1 Å². The summed E-state index contributed by atoms with van der Waals surface area (Å²) < 4.78 is 0. The van der Waals surface area contributed by atoms with Gasteiger partial charge in [0.15, 0.2) is 10.9 Å². The van der Waals surface area contributed by atoms with Crippen LogP contribution in [0.25, 0.3) is 11.3 Å². The number of nitrogens with zero attached hydrogens (tertiary/aromatic N) is 2. The molecule has 126 valence electrons. The highest BCUT2D eigenvalue weighted by Gasteiger charge is 2.09. The lowest BCUT2D eigenvalue weighted by molar-refractivity contribution is -0.113. The van der Waals surface area contributed by atoms with Crippen molar-refractivity contribution in [3.8, 4) is 11.3 Å². The van der Waals surface area contributed by atoms with E-state index in [9.17, 15) is 9.59 Å².